The summed E-state index contributed by atoms with van der Waals surface area (Å²) in [5.74, 6) is -1.33. The minimum atomic E-state index is -3.93. The molecule has 0 saturated carbocycles. The molecule has 1 unspecified atom stereocenters. The highest BCUT2D eigenvalue weighted by Crippen LogP contribution is 2.31. The predicted octanol–water partition coefficient (Wildman–Crippen LogP) is 0.933. The van der Waals surface area contributed by atoms with Crippen LogP contribution >= 0.6 is 0 Å². The predicted molar refractivity (Wildman–Crippen MR) is 66.0 cm³/mol. The fourth-order valence-electron chi connectivity index (χ4n) is 2.16. The average Bonchev–Trinajstić information content (AvgIpc) is 2.80. The van der Waals surface area contributed by atoms with Crippen LogP contribution in [0.4, 0.5) is 0 Å². The molecule has 2 rings (SSSR count). The van der Waals surface area contributed by atoms with Crippen LogP contribution in [0.1, 0.15) is 18.4 Å². The maximum atomic E-state index is 12.5. The van der Waals surface area contributed by atoms with E-state index in [2.05, 4.69) is 5.32 Å². The molecule has 1 heterocycles. The molecule has 6 heteroatoms. The third-order valence-corrected chi connectivity index (χ3v) is 5.59. The first-order valence-electron chi connectivity index (χ1n) is 5.70. The summed E-state index contributed by atoms with van der Waals surface area (Å²) in [6.07, 6.45) is 0.635. The van der Waals surface area contributed by atoms with E-state index in [1.165, 1.54) is 12.1 Å². The Kier molecular flexibility index (Phi) is 3.16. The van der Waals surface area contributed by atoms with Crippen molar-refractivity contribution in [1.82, 2.24) is 5.32 Å². The maximum absolute atomic E-state index is 12.5. The molecule has 1 aliphatic heterocycles. The zero-order valence-electron chi connectivity index (χ0n) is 10.0. The topological polar surface area (TPSA) is 83.5 Å². The van der Waals surface area contributed by atoms with Crippen LogP contribution in [0.2, 0.25) is 0 Å². The standard InChI is InChI=1S/C12H15NO4S/c1-9-3-5-10(6-4-9)18(16,17)12(11(14)15)7-2-8-13-12/h3-6,13H,2,7-8H2,1H3,(H,14,15). The first-order valence-corrected chi connectivity index (χ1v) is 7.18. The van der Waals surface area contributed by atoms with Gasteiger partial charge in [-0.05, 0) is 38.4 Å². The van der Waals surface area contributed by atoms with E-state index in [1.807, 2.05) is 6.92 Å². The number of hydrogen-bond acceptors (Lipinski definition) is 4. The zero-order valence-corrected chi connectivity index (χ0v) is 10.8. The number of nitrogens with one attached hydrogen (secondary N) is 1. The van der Waals surface area contributed by atoms with Crippen LogP contribution in [0.15, 0.2) is 29.2 Å². The van der Waals surface area contributed by atoms with Crippen molar-refractivity contribution in [3.63, 3.8) is 0 Å². The third-order valence-electron chi connectivity index (χ3n) is 3.25. The van der Waals surface area contributed by atoms with Crippen LogP contribution in [-0.2, 0) is 14.6 Å². The SMILES string of the molecule is Cc1ccc(S(=O)(=O)C2(C(=O)O)CCCN2)cc1. The van der Waals surface area contributed by atoms with Crippen molar-refractivity contribution in [1.29, 1.82) is 0 Å². The molecular weight excluding hydrogens is 254 g/mol. The van der Waals surface area contributed by atoms with Gasteiger partial charge in [0.05, 0.1) is 4.90 Å². The Balaban J connectivity index is 2.53. The lowest BCUT2D eigenvalue weighted by Gasteiger charge is -2.24. The van der Waals surface area contributed by atoms with E-state index in [0.29, 0.717) is 13.0 Å². The van der Waals surface area contributed by atoms with Crippen molar-refractivity contribution in [3.05, 3.63) is 29.8 Å². The van der Waals surface area contributed by atoms with Crippen LogP contribution in [-0.4, -0.2) is 30.9 Å². The molecule has 2 N–H and O–H groups in total. The van der Waals surface area contributed by atoms with E-state index < -0.39 is 20.7 Å². The minimum absolute atomic E-state index is 0.0462. The fraction of sp³-hybridized carbons (Fsp3) is 0.417. The van der Waals surface area contributed by atoms with E-state index >= 15 is 0 Å². The number of sulfone groups is 1. The highest BCUT2D eigenvalue weighted by atomic mass is 32.2. The first-order chi connectivity index (χ1) is 8.40. The molecule has 5 nitrogen and oxygen atoms in total. The number of carboxylic acid groups (broad SMARTS) is 1. The van der Waals surface area contributed by atoms with Gasteiger partial charge in [-0.15, -0.1) is 0 Å². The Morgan fingerprint density at radius 1 is 1.33 bits per heavy atom. The molecule has 1 atom stereocenters. The van der Waals surface area contributed by atoms with Gasteiger partial charge in [0.2, 0.25) is 14.7 Å². The Labute approximate surface area is 106 Å². The van der Waals surface area contributed by atoms with Gasteiger partial charge in [0.1, 0.15) is 0 Å². The van der Waals surface area contributed by atoms with Crippen LogP contribution in [0.25, 0.3) is 0 Å². The summed E-state index contributed by atoms with van der Waals surface area (Å²) < 4.78 is 24.9. The summed E-state index contributed by atoms with van der Waals surface area (Å²) in [7, 11) is -3.93. The average molecular weight is 269 g/mol. The second-order valence-corrected chi connectivity index (χ2v) is 6.65. The summed E-state index contributed by atoms with van der Waals surface area (Å²) in [5.41, 5.74) is 0.928. The van der Waals surface area contributed by atoms with E-state index in [1.54, 1.807) is 12.1 Å². The summed E-state index contributed by atoms with van der Waals surface area (Å²) in [6.45, 7) is 2.24. The highest BCUT2D eigenvalue weighted by Gasteiger charge is 2.53. The lowest BCUT2D eigenvalue weighted by Crippen LogP contribution is -2.54. The van der Waals surface area contributed by atoms with Gasteiger partial charge in [-0.1, -0.05) is 17.7 Å². The fourth-order valence-corrected chi connectivity index (χ4v) is 3.99. The molecule has 18 heavy (non-hydrogen) atoms. The van der Waals surface area contributed by atoms with E-state index in [-0.39, 0.29) is 11.3 Å². The van der Waals surface area contributed by atoms with Crippen LogP contribution in [0, 0.1) is 6.92 Å². The maximum Gasteiger partial charge on any atom is 0.340 e. The Morgan fingerprint density at radius 3 is 2.39 bits per heavy atom. The van der Waals surface area contributed by atoms with Crippen molar-refractivity contribution in [2.45, 2.75) is 29.5 Å². The van der Waals surface area contributed by atoms with Crippen LogP contribution < -0.4 is 5.32 Å². The van der Waals surface area contributed by atoms with Crippen LogP contribution in [0.3, 0.4) is 0 Å². The number of aryl methyl sites for hydroxylation is 1. The molecule has 98 valence electrons. The molecular formula is C12H15NO4S. The molecule has 0 amide bonds. The molecule has 1 aliphatic rings. The first kappa shape index (κ1) is 13.0. The van der Waals surface area contributed by atoms with Crippen LogP contribution in [0.5, 0.6) is 0 Å². The molecule has 1 aromatic carbocycles. The molecule has 0 radical (unpaired) electrons. The number of hydrogen-bond donors (Lipinski definition) is 2. The van der Waals surface area contributed by atoms with Gasteiger partial charge in [0.15, 0.2) is 0 Å². The van der Waals surface area contributed by atoms with E-state index in [4.69, 9.17) is 0 Å². The number of carboxylic acids is 1. The van der Waals surface area contributed by atoms with Gasteiger partial charge in [-0.2, -0.15) is 0 Å². The van der Waals surface area contributed by atoms with Crippen molar-refractivity contribution in [3.8, 4) is 0 Å². The normalized spacial score (nSPS) is 24.1. The zero-order chi connectivity index (χ0) is 13.4. The molecule has 0 bridgehead atoms. The smallest absolute Gasteiger partial charge is 0.340 e. The number of carbonyl (C=O) groups is 1. The molecule has 0 aromatic heterocycles. The molecule has 0 aliphatic carbocycles. The molecule has 1 saturated heterocycles. The lowest BCUT2D eigenvalue weighted by molar-refractivity contribution is -0.140. The largest absolute Gasteiger partial charge is 0.479 e. The van der Waals surface area contributed by atoms with Gasteiger partial charge in [0, 0.05) is 0 Å². The van der Waals surface area contributed by atoms with E-state index in [0.717, 1.165) is 5.56 Å². The molecule has 0 spiro atoms. The Morgan fingerprint density at radius 2 is 1.94 bits per heavy atom. The quantitative estimate of drug-likeness (QED) is 0.853. The second-order valence-electron chi connectivity index (χ2n) is 4.48. The number of aliphatic carboxylic acids is 1. The van der Waals surface area contributed by atoms with Gasteiger partial charge >= 0.3 is 5.97 Å². The third kappa shape index (κ3) is 1.81. The van der Waals surface area contributed by atoms with Gasteiger partial charge in [0.25, 0.3) is 0 Å². The Hall–Kier alpha value is -1.40. The lowest BCUT2D eigenvalue weighted by atomic mass is 10.2. The van der Waals surface area contributed by atoms with E-state index in [9.17, 15) is 18.3 Å². The number of benzene rings is 1. The van der Waals surface area contributed by atoms with Crippen molar-refractivity contribution in [2.24, 2.45) is 0 Å². The highest BCUT2D eigenvalue weighted by molar-refractivity contribution is 7.93. The van der Waals surface area contributed by atoms with Crippen molar-refractivity contribution < 1.29 is 18.3 Å². The summed E-state index contributed by atoms with van der Waals surface area (Å²) in [5, 5.41) is 11.9. The molecule has 1 aromatic rings. The minimum Gasteiger partial charge on any atom is -0.479 e. The second kappa shape index (κ2) is 4.37. The van der Waals surface area contributed by atoms with Crippen molar-refractivity contribution >= 4 is 15.8 Å². The van der Waals surface area contributed by atoms with Crippen molar-refractivity contribution in [2.75, 3.05) is 6.54 Å². The summed E-state index contributed by atoms with van der Waals surface area (Å²) >= 11 is 0. The number of rotatable bonds is 3. The molecule has 1 fully saturated rings. The van der Waals surface area contributed by atoms with Gasteiger partial charge in [-0.25, -0.2) is 13.2 Å². The summed E-state index contributed by atoms with van der Waals surface area (Å²) in [4.78, 5) is 9.54. The van der Waals surface area contributed by atoms with Gasteiger partial charge < -0.3 is 5.11 Å². The monoisotopic (exact) mass is 269 g/mol. The van der Waals surface area contributed by atoms with Gasteiger partial charge in [-0.3, -0.25) is 5.32 Å². The summed E-state index contributed by atoms with van der Waals surface area (Å²) in [6, 6.07) is 6.24. The Bertz CT molecular complexity index is 556.